The number of benzene rings is 1. The highest BCUT2D eigenvalue weighted by atomic mass is 16.5. The molecule has 0 bridgehead atoms. The van der Waals surface area contributed by atoms with E-state index in [1.54, 1.807) is 0 Å². The van der Waals surface area contributed by atoms with E-state index in [-0.39, 0.29) is 5.60 Å². The van der Waals surface area contributed by atoms with Crippen LogP contribution in [0.15, 0.2) is 48.7 Å². The molecule has 6 heteroatoms. The van der Waals surface area contributed by atoms with E-state index in [0.29, 0.717) is 19.6 Å². The topological polar surface area (TPSA) is 54.9 Å². The van der Waals surface area contributed by atoms with Gasteiger partial charge in [-0.2, -0.15) is 0 Å². The van der Waals surface area contributed by atoms with Crippen molar-refractivity contribution in [2.24, 2.45) is 0 Å². The van der Waals surface area contributed by atoms with Crippen LogP contribution in [0.1, 0.15) is 30.4 Å². The number of aromatic nitrogens is 1. The SMILES string of the molecule is O=CCCOCCc1ccc(CCN2CCC3(CC2)CN(c2ccccn2)CCO3)cc1. The van der Waals surface area contributed by atoms with E-state index >= 15 is 0 Å². The Labute approximate surface area is 191 Å². The quantitative estimate of drug-likeness (QED) is 0.420. The fourth-order valence-corrected chi connectivity index (χ4v) is 4.65. The molecule has 2 saturated heterocycles. The third-order valence-corrected chi connectivity index (χ3v) is 6.64. The summed E-state index contributed by atoms with van der Waals surface area (Å²) >= 11 is 0. The van der Waals surface area contributed by atoms with Crippen LogP contribution in [-0.4, -0.2) is 74.3 Å². The number of hydrogen-bond acceptors (Lipinski definition) is 6. The van der Waals surface area contributed by atoms with E-state index in [1.165, 1.54) is 11.1 Å². The first-order valence-electron chi connectivity index (χ1n) is 11.9. The maximum absolute atomic E-state index is 10.3. The van der Waals surface area contributed by atoms with Crippen LogP contribution in [0.4, 0.5) is 5.82 Å². The van der Waals surface area contributed by atoms with Gasteiger partial charge < -0.3 is 24.1 Å². The predicted octanol–water partition coefficient (Wildman–Crippen LogP) is 3.14. The number of piperidine rings is 1. The van der Waals surface area contributed by atoms with Crippen LogP contribution < -0.4 is 4.90 Å². The Morgan fingerprint density at radius 2 is 1.78 bits per heavy atom. The fraction of sp³-hybridized carbons (Fsp3) is 0.538. The number of morpholine rings is 1. The number of pyridine rings is 1. The number of nitrogens with zero attached hydrogens (tertiary/aromatic N) is 3. The van der Waals surface area contributed by atoms with Gasteiger partial charge in [0.1, 0.15) is 12.1 Å². The van der Waals surface area contributed by atoms with Gasteiger partial charge in [0.05, 0.1) is 25.4 Å². The van der Waals surface area contributed by atoms with Gasteiger partial charge in [-0.15, -0.1) is 0 Å². The molecular weight excluding hydrogens is 402 g/mol. The summed E-state index contributed by atoms with van der Waals surface area (Å²) in [5.41, 5.74) is 2.64. The molecule has 2 aliphatic heterocycles. The van der Waals surface area contributed by atoms with Crippen LogP contribution >= 0.6 is 0 Å². The van der Waals surface area contributed by atoms with Gasteiger partial charge in [0.2, 0.25) is 0 Å². The third kappa shape index (κ3) is 6.37. The van der Waals surface area contributed by atoms with Gasteiger partial charge in [0.25, 0.3) is 0 Å². The van der Waals surface area contributed by atoms with Crippen LogP contribution in [0.2, 0.25) is 0 Å². The molecule has 32 heavy (non-hydrogen) atoms. The molecule has 0 N–H and O–H groups in total. The highest BCUT2D eigenvalue weighted by Crippen LogP contribution is 2.31. The molecule has 3 heterocycles. The standard InChI is InChI=1S/C26H35N3O3/c30-18-3-19-31-20-10-24-7-5-23(6-8-24)9-14-28-15-11-26(12-16-28)22-29(17-21-32-26)25-4-1-2-13-27-25/h1-2,4-8,13,18H,3,9-12,14-17,19-22H2. The Morgan fingerprint density at radius 1 is 1.00 bits per heavy atom. The summed E-state index contributed by atoms with van der Waals surface area (Å²) in [5, 5.41) is 0. The smallest absolute Gasteiger partial charge is 0.128 e. The fourth-order valence-electron chi connectivity index (χ4n) is 4.65. The minimum atomic E-state index is -0.0261. The van der Waals surface area contributed by atoms with Crippen molar-refractivity contribution in [3.63, 3.8) is 0 Å². The minimum absolute atomic E-state index is 0.0261. The van der Waals surface area contributed by atoms with E-state index in [1.807, 2.05) is 12.3 Å². The largest absolute Gasteiger partial charge is 0.381 e. The second kappa shape index (κ2) is 11.5. The summed E-state index contributed by atoms with van der Waals surface area (Å²) in [6, 6.07) is 15.0. The molecular formula is C26H35N3O3. The van der Waals surface area contributed by atoms with E-state index in [4.69, 9.17) is 9.47 Å². The molecule has 1 aromatic carbocycles. The Kier molecular flexibility index (Phi) is 8.26. The van der Waals surface area contributed by atoms with Gasteiger partial charge in [-0.1, -0.05) is 30.3 Å². The van der Waals surface area contributed by atoms with Crippen molar-refractivity contribution in [2.45, 2.75) is 37.7 Å². The molecule has 0 amide bonds. The van der Waals surface area contributed by atoms with Crippen molar-refractivity contribution in [1.29, 1.82) is 0 Å². The Bertz CT molecular complexity index is 820. The molecule has 0 atom stereocenters. The van der Waals surface area contributed by atoms with Crippen molar-refractivity contribution in [3.05, 3.63) is 59.8 Å². The number of carbonyl (C=O) groups excluding carboxylic acids is 1. The highest BCUT2D eigenvalue weighted by Gasteiger charge is 2.39. The lowest BCUT2D eigenvalue weighted by atomic mass is 9.89. The van der Waals surface area contributed by atoms with Crippen molar-refractivity contribution in [2.75, 3.05) is 57.4 Å². The number of rotatable bonds is 10. The van der Waals surface area contributed by atoms with Gasteiger partial charge in [0.15, 0.2) is 0 Å². The molecule has 1 spiro atoms. The molecule has 172 valence electrons. The van der Waals surface area contributed by atoms with Crippen LogP contribution in [0.5, 0.6) is 0 Å². The zero-order valence-electron chi connectivity index (χ0n) is 19.0. The number of aldehydes is 1. The molecule has 6 nitrogen and oxygen atoms in total. The normalized spacial score (nSPS) is 18.7. The minimum Gasteiger partial charge on any atom is -0.381 e. The summed E-state index contributed by atoms with van der Waals surface area (Å²) < 4.78 is 11.8. The van der Waals surface area contributed by atoms with E-state index < -0.39 is 0 Å². The summed E-state index contributed by atoms with van der Waals surface area (Å²) in [7, 11) is 0. The summed E-state index contributed by atoms with van der Waals surface area (Å²) in [6.45, 7) is 7.10. The van der Waals surface area contributed by atoms with E-state index in [2.05, 4.69) is 51.2 Å². The molecule has 0 aliphatic carbocycles. The lowest BCUT2D eigenvalue weighted by molar-refractivity contribution is -0.108. The van der Waals surface area contributed by atoms with Crippen LogP contribution in [0.25, 0.3) is 0 Å². The number of likely N-dealkylation sites (tertiary alicyclic amines) is 1. The van der Waals surface area contributed by atoms with Gasteiger partial charge >= 0.3 is 0 Å². The number of hydrogen-bond donors (Lipinski definition) is 0. The molecule has 1 aromatic heterocycles. The molecule has 2 aromatic rings. The van der Waals surface area contributed by atoms with Gasteiger partial charge in [0, 0.05) is 45.3 Å². The average molecular weight is 438 g/mol. The van der Waals surface area contributed by atoms with Crippen LogP contribution in [0.3, 0.4) is 0 Å². The maximum atomic E-state index is 10.3. The van der Waals surface area contributed by atoms with Gasteiger partial charge in [-0.05, 0) is 48.9 Å². The zero-order chi connectivity index (χ0) is 22.1. The van der Waals surface area contributed by atoms with Crippen LogP contribution in [0, 0.1) is 0 Å². The monoisotopic (exact) mass is 437 g/mol. The first-order valence-corrected chi connectivity index (χ1v) is 11.9. The summed E-state index contributed by atoms with van der Waals surface area (Å²) in [5.74, 6) is 1.06. The Balaban J connectivity index is 1.19. The lowest BCUT2D eigenvalue weighted by Crippen LogP contribution is -2.57. The van der Waals surface area contributed by atoms with Crippen molar-refractivity contribution >= 4 is 12.1 Å². The Morgan fingerprint density at radius 3 is 2.50 bits per heavy atom. The number of ether oxygens (including phenoxy) is 2. The zero-order valence-corrected chi connectivity index (χ0v) is 19.0. The third-order valence-electron chi connectivity index (χ3n) is 6.64. The van der Waals surface area contributed by atoms with Crippen molar-refractivity contribution in [1.82, 2.24) is 9.88 Å². The second-order valence-electron chi connectivity index (χ2n) is 8.87. The predicted molar refractivity (Wildman–Crippen MR) is 126 cm³/mol. The molecule has 0 unspecified atom stereocenters. The second-order valence-corrected chi connectivity index (χ2v) is 8.87. The Hall–Kier alpha value is -2.28. The lowest BCUT2D eigenvalue weighted by Gasteiger charge is -2.47. The first-order chi connectivity index (χ1) is 15.8. The van der Waals surface area contributed by atoms with E-state index in [0.717, 1.165) is 77.1 Å². The van der Waals surface area contributed by atoms with Crippen LogP contribution in [-0.2, 0) is 27.1 Å². The number of carbonyl (C=O) groups is 1. The maximum Gasteiger partial charge on any atom is 0.128 e. The molecule has 4 rings (SSSR count). The van der Waals surface area contributed by atoms with E-state index in [9.17, 15) is 4.79 Å². The molecule has 2 fully saturated rings. The summed E-state index contributed by atoms with van der Waals surface area (Å²) in [6.07, 6.45) is 7.38. The number of anilines is 1. The summed E-state index contributed by atoms with van der Waals surface area (Å²) in [4.78, 5) is 19.8. The van der Waals surface area contributed by atoms with Crippen molar-refractivity contribution in [3.8, 4) is 0 Å². The first kappa shape index (κ1) is 22.9. The molecule has 2 aliphatic rings. The molecule has 0 saturated carbocycles. The van der Waals surface area contributed by atoms with Crippen molar-refractivity contribution < 1.29 is 14.3 Å². The average Bonchev–Trinajstić information content (AvgIpc) is 2.85. The molecule has 0 radical (unpaired) electrons. The van der Waals surface area contributed by atoms with Gasteiger partial charge in [-0.3, -0.25) is 0 Å². The highest BCUT2D eigenvalue weighted by molar-refractivity contribution is 5.49. The van der Waals surface area contributed by atoms with Gasteiger partial charge in [-0.25, -0.2) is 4.98 Å².